The second-order valence-corrected chi connectivity index (χ2v) is 4.77. The molecule has 0 aliphatic heterocycles. The predicted molar refractivity (Wildman–Crippen MR) is 65.8 cm³/mol. The number of benzene rings is 1. The van der Waals surface area contributed by atoms with Crippen molar-refractivity contribution in [3.8, 4) is 11.8 Å². The Balaban J connectivity index is 2.78. The lowest BCUT2D eigenvalue weighted by Crippen LogP contribution is -2.10. The number of hydrogen-bond acceptors (Lipinski definition) is 1. The average molecular weight is 215 g/mol. The maximum Gasteiger partial charge on any atom is 0.229 e. The summed E-state index contributed by atoms with van der Waals surface area (Å²) in [5.74, 6) is 5.25. The van der Waals surface area contributed by atoms with Crippen LogP contribution in [0.25, 0.3) is 0 Å². The van der Waals surface area contributed by atoms with Gasteiger partial charge >= 0.3 is 0 Å². The molecule has 84 valence electrons. The minimum Gasteiger partial charge on any atom is -0.369 e. The van der Waals surface area contributed by atoms with Crippen molar-refractivity contribution < 1.29 is 4.79 Å². The molecule has 2 nitrogen and oxygen atoms in total. The third-order valence-electron chi connectivity index (χ3n) is 2.25. The molecule has 0 spiro atoms. The van der Waals surface area contributed by atoms with Crippen molar-refractivity contribution in [3.63, 3.8) is 0 Å². The first-order valence-electron chi connectivity index (χ1n) is 5.27. The number of carbonyl (C=O) groups is 1. The van der Waals surface area contributed by atoms with Crippen molar-refractivity contribution in [1.29, 1.82) is 0 Å². The van der Waals surface area contributed by atoms with Crippen molar-refractivity contribution in [2.24, 2.45) is 5.73 Å². The number of primary amides is 1. The van der Waals surface area contributed by atoms with E-state index in [0.29, 0.717) is 0 Å². The minimum atomic E-state index is -0.390. The van der Waals surface area contributed by atoms with Gasteiger partial charge in [0.05, 0.1) is 6.42 Å². The van der Waals surface area contributed by atoms with Gasteiger partial charge in [-0.3, -0.25) is 4.79 Å². The molecule has 0 atom stereocenters. The molecule has 0 heterocycles. The molecule has 1 aromatic rings. The van der Waals surface area contributed by atoms with Gasteiger partial charge in [-0.15, -0.1) is 0 Å². The van der Waals surface area contributed by atoms with Crippen LogP contribution in [0.15, 0.2) is 24.3 Å². The second-order valence-electron chi connectivity index (χ2n) is 4.77. The van der Waals surface area contributed by atoms with E-state index in [1.807, 2.05) is 12.1 Å². The normalized spacial score (nSPS) is 10.4. The molecule has 0 saturated carbocycles. The molecule has 0 fully saturated rings. The van der Waals surface area contributed by atoms with Gasteiger partial charge in [0, 0.05) is 5.56 Å². The van der Waals surface area contributed by atoms with Gasteiger partial charge in [0.25, 0.3) is 0 Å². The van der Waals surface area contributed by atoms with Crippen LogP contribution in [0.3, 0.4) is 0 Å². The molecule has 0 unspecified atom stereocenters. The lowest BCUT2D eigenvalue weighted by Gasteiger charge is -2.18. The molecule has 0 aromatic heterocycles. The van der Waals surface area contributed by atoms with Gasteiger partial charge in [-0.25, -0.2) is 0 Å². The highest BCUT2D eigenvalue weighted by molar-refractivity contribution is 5.76. The van der Waals surface area contributed by atoms with Crippen molar-refractivity contribution in [3.05, 3.63) is 35.4 Å². The van der Waals surface area contributed by atoms with E-state index in [2.05, 4.69) is 44.7 Å². The summed E-state index contributed by atoms with van der Waals surface area (Å²) in [5.41, 5.74) is 7.33. The van der Waals surface area contributed by atoms with Crippen molar-refractivity contribution >= 4 is 5.91 Å². The van der Waals surface area contributed by atoms with E-state index < -0.39 is 0 Å². The van der Waals surface area contributed by atoms with E-state index in [-0.39, 0.29) is 17.7 Å². The molecule has 0 saturated heterocycles. The van der Waals surface area contributed by atoms with Crippen LogP contribution < -0.4 is 5.73 Å². The molecule has 1 rings (SSSR count). The Hall–Kier alpha value is -1.75. The molecular formula is C14H17NO. The molecule has 0 aliphatic rings. The molecule has 1 aromatic carbocycles. The number of nitrogens with two attached hydrogens (primary N) is 1. The summed E-state index contributed by atoms with van der Waals surface area (Å²) in [7, 11) is 0. The summed E-state index contributed by atoms with van der Waals surface area (Å²) in [5, 5.41) is 0. The van der Waals surface area contributed by atoms with Crippen molar-refractivity contribution in [1.82, 2.24) is 0 Å². The van der Waals surface area contributed by atoms with Crippen LogP contribution in [0.2, 0.25) is 0 Å². The van der Waals surface area contributed by atoms with Crippen LogP contribution in [0.1, 0.15) is 38.3 Å². The fourth-order valence-corrected chi connectivity index (χ4v) is 1.29. The van der Waals surface area contributed by atoms with E-state index >= 15 is 0 Å². The van der Waals surface area contributed by atoms with Gasteiger partial charge in [-0.1, -0.05) is 44.7 Å². The highest BCUT2D eigenvalue weighted by atomic mass is 16.1. The Kier molecular flexibility index (Phi) is 3.73. The standard InChI is InChI=1S/C14H17NO/c1-14(2,3)12-9-7-11(8-10-12)5-4-6-13(15)16/h7-10H,6H2,1-3H3,(H2,15,16). The zero-order chi connectivity index (χ0) is 12.2. The Bertz CT molecular complexity index is 427. The van der Waals surface area contributed by atoms with Crippen molar-refractivity contribution in [2.75, 3.05) is 0 Å². The summed E-state index contributed by atoms with van der Waals surface area (Å²) >= 11 is 0. The summed E-state index contributed by atoms with van der Waals surface area (Å²) in [6.45, 7) is 6.50. The predicted octanol–water partition coefficient (Wildman–Crippen LogP) is 2.21. The summed E-state index contributed by atoms with van der Waals surface area (Å²) < 4.78 is 0. The van der Waals surface area contributed by atoms with E-state index in [0.717, 1.165) is 5.56 Å². The van der Waals surface area contributed by atoms with Crippen molar-refractivity contribution in [2.45, 2.75) is 32.6 Å². The van der Waals surface area contributed by atoms with Crippen LogP contribution in [0.4, 0.5) is 0 Å². The van der Waals surface area contributed by atoms with Crippen LogP contribution in [-0.4, -0.2) is 5.91 Å². The van der Waals surface area contributed by atoms with E-state index in [4.69, 9.17) is 5.73 Å². The third-order valence-corrected chi connectivity index (χ3v) is 2.25. The van der Waals surface area contributed by atoms with E-state index in [1.165, 1.54) is 5.56 Å². The summed E-state index contributed by atoms with van der Waals surface area (Å²) in [4.78, 5) is 10.5. The number of hydrogen-bond donors (Lipinski definition) is 1. The molecular weight excluding hydrogens is 198 g/mol. The smallest absolute Gasteiger partial charge is 0.229 e. The second kappa shape index (κ2) is 4.85. The van der Waals surface area contributed by atoms with Gasteiger partial charge in [-0.05, 0) is 23.1 Å². The molecule has 1 amide bonds. The van der Waals surface area contributed by atoms with Gasteiger partial charge in [0.15, 0.2) is 0 Å². The van der Waals surface area contributed by atoms with Gasteiger partial charge in [-0.2, -0.15) is 0 Å². The number of amides is 1. The van der Waals surface area contributed by atoms with Gasteiger partial charge in [0.2, 0.25) is 5.91 Å². The first kappa shape index (κ1) is 12.3. The summed E-state index contributed by atoms with van der Waals surface area (Å²) in [6, 6.07) is 8.06. The zero-order valence-electron chi connectivity index (χ0n) is 10.0. The lowest BCUT2D eigenvalue weighted by molar-refractivity contribution is -0.117. The largest absolute Gasteiger partial charge is 0.369 e. The zero-order valence-corrected chi connectivity index (χ0v) is 10.0. The lowest BCUT2D eigenvalue weighted by atomic mass is 9.87. The van der Waals surface area contributed by atoms with Crippen LogP contribution in [0.5, 0.6) is 0 Å². The Labute approximate surface area is 96.9 Å². The topological polar surface area (TPSA) is 43.1 Å². The molecule has 0 aliphatic carbocycles. The maximum atomic E-state index is 10.5. The fraction of sp³-hybridized carbons (Fsp3) is 0.357. The molecule has 0 radical (unpaired) electrons. The Morgan fingerprint density at radius 2 is 1.81 bits per heavy atom. The van der Waals surface area contributed by atoms with Gasteiger partial charge < -0.3 is 5.73 Å². The first-order valence-corrected chi connectivity index (χ1v) is 5.27. The first-order chi connectivity index (χ1) is 7.39. The average Bonchev–Trinajstić information content (AvgIpc) is 2.16. The Morgan fingerprint density at radius 1 is 1.25 bits per heavy atom. The van der Waals surface area contributed by atoms with Gasteiger partial charge in [0.1, 0.15) is 0 Å². The Morgan fingerprint density at radius 3 is 2.25 bits per heavy atom. The quantitative estimate of drug-likeness (QED) is 0.717. The highest BCUT2D eigenvalue weighted by Crippen LogP contribution is 2.21. The third kappa shape index (κ3) is 3.78. The molecule has 2 N–H and O–H groups in total. The summed E-state index contributed by atoms with van der Waals surface area (Å²) in [6.07, 6.45) is 0.112. The van der Waals surface area contributed by atoms with Crippen LogP contribution in [-0.2, 0) is 10.2 Å². The monoisotopic (exact) mass is 215 g/mol. The van der Waals surface area contributed by atoms with E-state index in [1.54, 1.807) is 0 Å². The number of carbonyl (C=O) groups excluding carboxylic acids is 1. The fourth-order valence-electron chi connectivity index (χ4n) is 1.29. The van der Waals surface area contributed by atoms with E-state index in [9.17, 15) is 4.79 Å². The van der Waals surface area contributed by atoms with Crippen LogP contribution in [0, 0.1) is 11.8 Å². The molecule has 0 bridgehead atoms. The highest BCUT2D eigenvalue weighted by Gasteiger charge is 2.12. The van der Waals surface area contributed by atoms with Crippen LogP contribution >= 0.6 is 0 Å². The molecule has 16 heavy (non-hydrogen) atoms. The minimum absolute atomic E-state index is 0.112. The number of rotatable bonds is 1. The SMILES string of the molecule is CC(C)(C)c1ccc(C#CCC(N)=O)cc1. The maximum absolute atomic E-state index is 10.5. The molecule has 2 heteroatoms.